The fourth-order valence-electron chi connectivity index (χ4n) is 1.48. The van der Waals surface area contributed by atoms with Gasteiger partial charge in [0.15, 0.2) is 0 Å². The van der Waals surface area contributed by atoms with Crippen molar-refractivity contribution in [1.82, 2.24) is 9.97 Å². The highest BCUT2D eigenvalue weighted by molar-refractivity contribution is 5.62. The van der Waals surface area contributed by atoms with Crippen LogP contribution in [0.25, 0.3) is 11.3 Å². The highest BCUT2D eigenvalue weighted by Gasteiger charge is 2.34. The highest BCUT2D eigenvalue weighted by Crippen LogP contribution is 2.33. The highest BCUT2D eigenvalue weighted by atomic mass is 19.4. The van der Waals surface area contributed by atoms with Gasteiger partial charge in [-0.1, -0.05) is 0 Å². The molecule has 0 unspecified atom stereocenters. The molecule has 3 N–H and O–H groups in total. The molecule has 0 aliphatic heterocycles. The van der Waals surface area contributed by atoms with Crippen LogP contribution in [0.5, 0.6) is 0 Å². The molecule has 0 aliphatic carbocycles. The van der Waals surface area contributed by atoms with Crippen molar-refractivity contribution in [1.29, 1.82) is 0 Å². The Labute approximate surface area is 99.3 Å². The number of nitrogens with zero attached hydrogens (tertiary/aromatic N) is 1. The normalized spacial score (nSPS) is 11.5. The number of aromatic amines is 1. The van der Waals surface area contributed by atoms with Gasteiger partial charge >= 0.3 is 6.18 Å². The Balaban J connectivity index is 2.66. The molecule has 0 aromatic carbocycles. The monoisotopic (exact) mass is 255 g/mol. The van der Waals surface area contributed by atoms with Gasteiger partial charge in [-0.05, 0) is 18.2 Å². The molecule has 0 spiro atoms. The predicted molar refractivity (Wildman–Crippen MR) is 59.7 cm³/mol. The molecular formula is C11H8F3N3O. The molecule has 2 heterocycles. The molecule has 4 nitrogen and oxygen atoms in total. The quantitative estimate of drug-likeness (QED) is 0.819. The van der Waals surface area contributed by atoms with Crippen molar-refractivity contribution in [2.24, 2.45) is 0 Å². The molecule has 18 heavy (non-hydrogen) atoms. The number of aromatic nitrogens is 2. The van der Waals surface area contributed by atoms with E-state index in [9.17, 15) is 18.0 Å². The third-order valence-corrected chi connectivity index (χ3v) is 2.35. The van der Waals surface area contributed by atoms with Crippen molar-refractivity contribution in [3.63, 3.8) is 0 Å². The molecule has 0 saturated heterocycles. The zero-order valence-corrected chi connectivity index (χ0v) is 8.95. The Morgan fingerprint density at radius 1 is 1.33 bits per heavy atom. The van der Waals surface area contributed by atoms with Crippen LogP contribution in [0.15, 0.2) is 35.4 Å². The van der Waals surface area contributed by atoms with Crippen LogP contribution < -0.4 is 11.3 Å². The van der Waals surface area contributed by atoms with Crippen molar-refractivity contribution in [3.8, 4) is 11.3 Å². The summed E-state index contributed by atoms with van der Waals surface area (Å²) in [6.45, 7) is 0. The molecule has 0 bridgehead atoms. The molecule has 2 rings (SSSR count). The molecule has 2 aromatic heterocycles. The number of nitrogens with two attached hydrogens (primary N) is 1. The lowest BCUT2D eigenvalue weighted by molar-refractivity contribution is -0.137. The number of pyridine rings is 2. The largest absolute Gasteiger partial charge is 0.418 e. The van der Waals surface area contributed by atoms with E-state index in [0.29, 0.717) is 5.56 Å². The maximum atomic E-state index is 12.7. The fourth-order valence-corrected chi connectivity index (χ4v) is 1.48. The summed E-state index contributed by atoms with van der Waals surface area (Å²) < 4.78 is 38.0. The maximum absolute atomic E-state index is 12.7. The number of nitrogens with one attached hydrogen (secondary N) is 1. The Hall–Kier alpha value is -2.31. The number of rotatable bonds is 1. The van der Waals surface area contributed by atoms with Crippen molar-refractivity contribution in [2.75, 3.05) is 5.73 Å². The minimum absolute atomic E-state index is 0.0228. The lowest BCUT2D eigenvalue weighted by Gasteiger charge is -2.11. The second kappa shape index (κ2) is 4.17. The second-order valence-electron chi connectivity index (χ2n) is 3.58. The lowest BCUT2D eigenvalue weighted by atomic mass is 10.1. The molecule has 0 saturated carbocycles. The minimum Gasteiger partial charge on any atom is -0.394 e. The molecule has 94 valence electrons. The van der Waals surface area contributed by atoms with Gasteiger partial charge in [0.25, 0.3) is 5.56 Å². The predicted octanol–water partition coefficient (Wildman–Crippen LogP) is 2.04. The van der Waals surface area contributed by atoms with Crippen LogP contribution in [0, 0.1) is 0 Å². The number of nitrogen functional groups attached to an aromatic ring is 1. The molecule has 0 fully saturated rings. The molecule has 0 radical (unpaired) electrons. The summed E-state index contributed by atoms with van der Waals surface area (Å²) >= 11 is 0. The van der Waals surface area contributed by atoms with Crippen molar-refractivity contribution in [2.45, 2.75) is 6.18 Å². The molecule has 0 amide bonds. The van der Waals surface area contributed by atoms with Crippen molar-refractivity contribution >= 4 is 5.69 Å². The Bertz CT molecular complexity index is 620. The molecule has 7 heteroatoms. The summed E-state index contributed by atoms with van der Waals surface area (Å²) in [4.78, 5) is 17.4. The van der Waals surface area contributed by atoms with E-state index in [0.717, 1.165) is 6.07 Å². The number of hydrogen-bond acceptors (Lipinski definition) is 3. The van der Waals surface area contributed by atoms with E-state index in [4.69, 9.17) is 5.73 Å². The summed E-state index contributed by atoms with van der Waals surface area (Å²) in [5.41, 5.74) is 2.58. The first-order valence-corrected chi connectivity index (χ1v) is 4.90. The third-order valence-electron chi connectivity index (χ3n) is 2.35. The Kier molecular flexibility index (Phi) is 2.82. The smallest absolute Gasteiger partial charge is 0.394 e. The van der Waals surface area contributed by atoms with Gasteiger partial charge in [-0.25, -0.2) is 0 Å². The minimum atomic E-state index is -4.67. The average molecular weight is 255 g/mol. The van der Waals surface area contributed by atoms with E-state index in [-0.39, 0.29) is 5.69 Å². The summed E-state index contributed by atoms with van der Waals surface area (Å²) in [5, 5.41) is 0. The first-order valence-electron chi connectivity index (χ1n) is 4.90. The van der Waals surface area contributed by atoms with Crippen molar-refractivity contribution in [3.05, 3.63) is 46.5 Å². The summed E-state index contributed by atoms with van der Waals surface area (Å²) in [5.74, 6) is 0. The standard InChI is InChI=1S/C11H8F3N3O/c12-11(13,14)7-4-8(17-10(18)9(7)15)6-2-1-3-16-5-6/h1-5H,15H2,(H,17,18). The number of alkyl halides is 3. The number of anilines is 1. The van der Waals surface area contributed by atoms with Gasteiger partial charge in [-0.15, -0.1) is 0 Å². The summed E-state index contributed by atoms with van der Waals surface area (Å²) in [7, 11) is 0. The average Bonchev–Trinajstić information content (AvgIpc) is 2.32. The van der Waals surface area contributed by atoms with Gasteiger partial charge in [0.05, 0.1) is 11.3 Å². The topological polar surface area (TPSA) is 71.8 Å². The van der Waals surface area contributed by atoms with Crippen LogP contribution >= 0.6 is 0 Å². The van der Waals surface area contributed by atoms with Crippen LogP contribution in [0.4, 0.5) is 18.9 Å². The SMILES string of the molecule is Nc1c(C(F)(F)F)cc(-c2cccnc2)[nH]c1=O. The Morgan fingerprint density at radius 2 is 2.06 bits per heavy atom. The van der Waals surface area contributed by atoms with E-state index in [1.165, 1.54) is 18.5 Å². The van der Waals surface area contributed by atoms with Gasteiger partial charge in [-0.3, -0.25) is 9.78 Å². The van der Waals surface area contributed by atoms with Crippen LogP contribution in [0.2, 0.25) is 0 Å². The Morgan fingerprint density at radius 3 is 2.61 bits per heavy atom. The van der Waals surface area contributed by atoms with E-state index < -0.39 is 23.0 Å². The van der Waals surface area contributed by atoms with Gasteiger partial charge < -0.3 is 10.7 Å². The van der Waals surface area contributed by atoms with Crippen LogP contribution in [-0.4, -0.2) is 9.97 Å². The van der Waals surface area contributed by atoms with Crippen molar-refractivity contribution < 1.29 is 13.2 Å². The first kappa shape index (κ1) is 12.2. The van der Waals surface area contributed by atoms with Gasteiger partial charge in [0.2, 0.25) is 0 Å². The van der Waals surface area contributed by atoms with E-state index in [2.05, 4.69) is 9.97 Å². The second-order valence-corrected chi connectivity index (χ2v) is 3.58. The lowest BCUT2D eigenvalue weighted by Crippen LogP contribution is -2.20. The summed E-state index contributed by atoms with van der Waals surface area (Å²) in [6.07, 6.45) is -1.85. The molecule has 0 atom stereocenters. The number of H-pyrrole nitrogens is 1. The fraction of sp³-hybridized carbons (Fsp3) is 0.0909. The molecular weight excluding hydrogens is 247 g/mol. The molecule has 2 aromatic rings. The number of halogens is 3. The van der Waals surface area contributed by atoms with Crippen LogP contribution in [-0.2, 0) is 6.18 Å². The first-order chi connectivity index (χ1) is 8.39. The van der Waals surface area contributed by atoms with E-state index in [1.807, 2.05) is 0 Å². The third kappa shape index (κ3) is 2.20. The zero-order chi connectivity index (χ0) is 13.3. The van der Waals surface area contributed by atoms with Gasteiger partial charge in [0, 0.05) is 18.0 Å². The maximum Gasteiger partial charge on any atom is 0.418 e. The van der Waals surface area contributed by atoms with E-state index >= 15 is 0 Å². The van der Waals surface area contributed by atoms with Gasteiger partial charge in [-0.2, -0.15) is 13.2 Å². The zero-order valence-electron chi connectivity index (χ0n) is 8.95. The van der Waals surface area contributed by atoms with Crippen LogP contribution in [0.3, 0.4) is 0 Å². The number of hydrogen-bond donors (Lipinski definition) is 2. The molecule has 0 aliphatic rings. The van der Waals surface area contributed by atoms with E-state index in [1.54, 1.807) is 6.07 Å². The summed E-state index contributed by atoms with van der Waals surface area (Å²) in [6, 6.07) is 3.89. The van der Waals surface area contributed by atoms with Crippen LogP contribution in [0.1, 0.15) is 5.56 Å². The van der Waals surface area contributed by atoms with Gasteiger partial charge in [0.1, 0.15) is 5.69 Å².